The lowest BCUT2D eigenvalue weighted by Gasteiger charge is -2.16. The van der Waals surface area contributed by atoms with Gasteiger partial charge in [-0.15, -0.1) is 5.10 Å². The molecule has 0 saturated heterocycles. The Bertz CT molecular complexity index is 1040. The highest BCUT2D eigenvalue weighted by Gasteiger charge is 2.19. The highest BCUT2D eigenvalue weighted by Crippen LogP contribution is 2.26. The number of ether oxygens (including phenoxy) is 2. The van der Waals surface area contributed by atoms with Crippen LogP contribution in [0.2, 0.25) is 0 Å². The van der Waals surface area contributed by atoms with E-state index in [1.807, 2.05) is 13.8 Å². The summed E-state index contributed by atoms with van der Waals surface area (Å²) < 4.78 is 41.7. The number of nitrogen functional groups attached to an aromatic ring is 1. The fraction of sp³-hybridized carbons (Fsp3) is 0.500. The molecule has 0 aliphatic rings. The number of nitrogens with two attached hydrogens (primary N) is 1. The fourth-order valence-corrected chi connectivity index (χ4v) is 3.32. The van der Waals surface area contributed by atoms with Gasteiger partial charge in [0, 0.05) is 19.4 Å². The third-order valence-electron chi connectivity index (χ3n) is 5.03. The Morgan fingerprint density at radius 3 is 2.69 bits per heavy atom. The van der Waals surface area contributed by atoms with Crippen LogP contribution >= 0.6 is 0 Å². The molecule has 10 heteroatoms. The summed E-state index contributed by atoms with van der Waals surface area (Å²) in [6, 6.07) is 2.95. The molecule has 0 fully saturated rings. The number of hydrogen-bond acceptors (Lipinski definition) is 7. The number of aromatic nitrogens is 4. The smallest absolute Gasteiger partial charge is 0.336 e. The zero-order valence-corrected chi connectivity index (χ0v) is 18.4. The van der Waals surface area contributed by atoms with E-state index in [9.17, 15) is 13.9 Å². The van der Waals surface area contributed by atoms with E-state index in [-0.39, 0.29) is 42.3 Å². The highest BCUT2D eigenvalue weighted by molar-refractivity contribution is 5.59. The second kappa shape index (κ2) is 11.0. The third-order valence-corrected chi connectivity index (χ3v) is 5.03. The van der Waals surface area contributed by atoms with Crippen molar-refractivity contribution in [3.8, 4) is 11.8 Å². The lowest BCUT2D eigenvalue weighted by molar-refractivity contribution is 0.133. The van der Waals surface area contributed by atoms with E-state index < -0.39 is 11.6 Å². The first kappa shape index (κ1) is 23.6. The second-order valence-corrected chi connectivity index (χ2v) is 7.53. The molecule has 1 unspecified atom stereocenters. The normalized spacial score (nSPS) is 12.3. The quantitative estimate of drug-likeness (QED) is 0.406. The summed E-state index contributed by atoms with van der Waals surface area (Å²) in [5.74, 6) is -1.99. The second-order valence-electron chi connectivity index (χ2n) is 7.53. The van der Waals surface area contributed by atoms with Crippen LogP contribution in [0.15, 0.2) is 18.3 Å². The van der Waals surface area contributed by atoms with Gasteiger partial charge >= 0.3 is 6.01 Å². The Morgan fingerprint density at radius 2 is 1.97 bits per heavy atom. The van der Waals surface area contributed by atoms with Gasteiger partial charge in [-0.05, 0) is 24.5 Å². The lowest BCUT2D eigenvalue weighted by atomic mass is 10.1. The van der Waals surface area contributed by atoms with Crippen molar-refractivity contribution in [1.82, 2.24) is 19.6 Å². The number of nitrogens with zero attached hydrogens (tertiary/aromatic N) is 4. The first-order valence-corrected chi connectivity index (χ1v) is 10.9. The number of unbranched alkanes of at least 4 members (excludes halogenated alkanes) is 1. The van der Waals surface area contributed by atoms with Gasteiger partial charge in [-0.2, -0.15) is 9.37 Å². The molecule has 3 aromatic rings. The highest BCUT2D eigenvalue weighted by atomic mass is 19.2. The Hall–Kier alpha value is -3.01. The maximum atomic E-state index is 14.7. The number of rotatable bonds is 12. The van der Waals surface area contributed by atoms with Crippen LogP contribution < -0.4 is 15.2 Å². The zero-order chi connectivity index (χ0) is 23.1. The minimum atomic E-state index is -1.02. The van der Waals surface area contributed by atoms with Crippen molar-refractivity contribution in [3.05, 3.63) is 41.2 Å². The van der Waals surface area contributed by atoms with E-state index in [1.165, 1.54) is 22.8 Å². The Morgan fingerprint density at radius 1 is 1.16 bits per heavy atom. The molecule has 3 rings (SSSR count). The van der Waals surface area contributed by atoms with Crippen LogP contribution in [0.4, 0.5) is 14.6 Å². The van der Waals surface area contributed by atoms with Crippen molar-refractivity contribution in [2.24, 2.45) is 0 Å². The van der Waals surface area contributed by atoms with Gasteiger partial charge < -0.3 is 20.3 Å². The molecule has 0 saturated carbocycles. The first-order valence-electron chi connectivity index (χ1n) is 10.9. The van der Waals surface area contributed by atoms with E-state index in [2.05, 4.69) is 15.1 Å². The lowest BCUT2D eigenvalue weighted by Crippen LogP contribution is -2.20. The summed E-state index contributed by atoms with van der Waals surface area (Å²) in [4.78, 5) is 8.34. The minimum absolute atomic E-state index is 0.0261. The molecule has 174 valence electrons. The van der Waals surface area contributed by atoms with E-state index in [0.717, 1.165) is 25.7 Å². The summed E-state index contributed by atoms with van der Waals surface area (Å²) in [5.41, 5.74) is 6.93. The van der Waals surface area contributed by atoms with Crippen molar-refractivity contribution in [2.75, 3.05) is 18.9 Å². The van der Waals surface area contributed by atoms with Gasteiger partial charge in [0.1, 0.15) is 6.10 Å². The number of halogens is 2. The number of anilines is 1. The van der Waals surface area contributed by atoms with Crippen LogP contribution in [-0.4, -0.2) is 44.0 Å². The molecule has 0 bridgehead atoms. The first-order chi connectivity index (χ1) is 15.5. The molecule has 2 aromatic heterocycles. The number of aliphatic hydroxyl groups excluding tert-OH is 1. The Labute approximate surface area is 185 Å². The van der Waals surface area contributed by atoms with Gasteiger partial charge in [-0.1, -0.05) is 32.8 Å². The molecule has 2 heterocycles. The van der Waals surface area contributed by atoms with Crippen LogP contribution in [-0.2, 0) is 6.42 Å². The van der Waals surface area contributed by atoms with Crippen LogP contribution in [0.1, 0.15) is 57.2 Å². The largest absolute Gasteiger partial charge is 0.490 e. The molecule has 0 amide bonds. The Balaban J connectivity index is 1.86. The standard InChI is InChI=1S/C22H29F2N5O3/c1-3-5-11-31-17-8-7-14(18(23)19(17)24)12-15-13-26-21-20(25)27-22(28-29(15)21)32-16(6-4-2)9-10-30/h7-8,13,16,30H,3-6,9-12H2,1-2H3,(H2,25,27,28). The van der Waals surface area contributed by atoms with E-state index in [0.29, 0.717) is 24.4 Å². The van der Waals surface area contributed by atoms with Gasteiger partial charge in [-0.3, -0.25) is 0 Å². The Kier molecular flexibility index (Phi) is 8.15. The molecular formula is C22H29F2N5O3. The monoisotopic (exact) mass is 449 g/mol. The molecule has 0 aliphatic carbocycles. The molecule has 8 nitrogen and oxygen atoms in total. The SMILES string of the molecule is CCCCOc1ccc(Cc2cnc3c(N)nc(OC(CCC)CCO)nn23)c(F)c1F. The molecule has 0 radical (unpaired) electrons. The van der Waals surface area contributed by atoms with E-state index >= 15 is 0 Å². The van der Waals surface area contributed by atoms with Gasteiger partial charge in [0.15, 0.2) is 23.0 Å². The number of benzene rings is 1. The van der Waals surface area contributed by atoms with E-state index in [1.54, 1.807) is 0 Å². The van der Waals surface area contributed by atoms with Crippen LogP contribution in [0.3, 0.4) is 0 Å². The predicted octanol–water partition coefficient (Wildman–Crippen LogP) is 3.68. The number of imidazole rings is 1. The molecule has 1 aromatic carbocycles. The summed E-state index contributed by atoms with van der Waals surface area (Å²) in [5, 5.41) is 13.6. The average molecular weight is 450 g/mol. The summed E-state index contributed by atoms with van der Waals surface area (Å²) >= 11 is 0. The van der Waals surface area contributed by atoms with Gasteiger partial charge in [0.25, 0.3) is 0 Å². The molecular weight excluding hydrogens is 420 g/mol. The van der Waals surface area contributed by atoms with Gasteiger partial charge in [0.05, 0.1) is 18.5 Å². The van der Waals surface area contributed by atoms with Crippen LogP contribution in [0.25, 0.3) is 5.65 Å². The molecule has 0 aliphatic heterocycles. The maximum absolute atomic E-state index is 14.7. The van der Waals surface area contributed by atoms with Crippen molar-refractivity contribution in [2.45, 2.75) is 58.5 Å². The average Bonchev–Trinajstić information content (AvgIpc) is 3.17. The van der Waals surface area contributed by atoms with Crippen molar-refractivity contribution in [1.29, 1.82) is 0 Å². The molecule has 3 N–H and O–H groups in total. The van der Waals surface area contributed by atoms with Crippen molar-refractivity contribution in [3.63, 3.8) is 0 Å². The summed E-state index contributed by atoms with van der Waals surface area (Å²) in [6.45, 7) is 4.30. The summed E-state index contributed by atoms with van der Waals surface area (Å²) in [6.07, 6.45) is 4.93. The van der Waals surface area contributed by atoms with E-state index in [4.69, 9.17) is 15.2 Å². The maximum Gasteiger partial charge on any atom is 0.336 e. The van der Waals surface area contributed by atoms with Crippen LogP contribution in [0.5, 0.6) is 11.8 Å². The fourth-order valence-electron chi connectivity index (χ4n) is 3.32. The zero-order valence-electron chi connectivity index (χ0n) is 18.4. The number of fused-ring (bicyclic) bond motifs is 1. The van der Waals surface area contributed by atoms with Gasteiger partial charge in [0.2, 0.25) is 5.82 Å². The topological polar surface area (TPSA) is 108 Å². The molecule has 32 heavy (non-hydrogen) atoms. The van der Waals surface area contributed by atoms with Crippen LogP contribution in [0, 0.1) is 11.6 Å². The summed E-state index contributed by atoms with van der Waals surface area (Å²) in [7, 11) is 0. The van der Waals surface area contributed by atoms with Crippen molar-refractivity contribution < 1.29 is 23.4 Å². The number of aliphatic hydroxyl groups is 1. The molecule has 1 atom stereocenters. The predicted molar refractivity (Wildman–Crippen MR) is 116 cm³/mol. The minimum Gasteiger partial charge on any atom is -0.490 e. The number of hydrogen-bond donors (Lipinski definition) is 2. The molecule has 0 spiro atoms. The van der Waals surface area contributed by atoms with Gasteiger partial charge in [-0.25, -0.2) is 13.9 Å². The third kappa shape index (κ3) is 5.42. The van der Waals surface area contributed by atoms with Crippen molar-refractivity contribution >= 4 is 11.5 Å².